The summed E-state index contributed by atoms with van der Waals surface area (Å²) < 4.78 is 13.5. The first-order chi connectivity index (χ1) is 15.9. The summed E-state index contributed by atoms with van der Waals surface area (Å²) in [7, 11) is 0. The van der Waals surface area contributed by atoms with Crippen LogP contribution < -0.4 is 10.2 Å². The second-order valence-electron chi connectivity index (χ2n) is 7.44. The van der Waals surface area contributed by atoms with E-state index in [0.717, 1.165) is 17.1 Å². The van der Waals surface area contributed by atoms with Crippen molar-refractivity contribution >= 4 is 12.1 Å². The summed E-state index contributed by atoms with van der Waals surface area (Å²) in [6.45, 7) is 4.29. The number of hydrogen-bond donors (Lipinski definition) is 3. The van der Waals surface area contributed by atoms with Crippen LogP contribution in [0.1, 0.15) is 33.3 Å². The number of amides is 1. The first-order valence-electron chi connectivity index (χ1n) is 10.2. The SMILES string of the molecule is Cc1ccc(C)n1-c1ccc(OCc2ccc(C(=O)NN=Cc3ccc(O)cc3O)o2)cc1. The Hall–Kier alpha value is -4.46. The van der Waals surface area contributed by atoms with E-state index in [1.165, 1.54) is 30.5 Å². The van der Waals surface area contributed by atoms with Crippen LogP contribution in [0.4, 0.5) is 0 Å². The minimum atomic E-state index is -0.544. The molecule has 2 aromatic carbocycles. The Morgan fingerprint density at radius 1 is 1.03 bits per heavy atom. The molecule has 0 aliphatic carbocycles. The number of aromatic nitrogens is 1. The zero-order valence-corrected chi connectivity index (χ0v) is 18.1. The summed E-state index contributed by atoms with van der Waals surface area (Å²) in [6, 6.07) is 19.1. The van der Waals surface area contributed by atoms with Gasteiger partial charge in [0.2, 0.25) is 0 Å². The zero-order valence-electron chi connectivity index (χ0n) is 18.1. The van der Waals surface area contributed by atoms with Gasteiger partial charge in [-0.05, 0) is 74.5 Å². The second kappa shape index (κ2) is 9.35. The van der Waals surface area contributed by atoms with E-state index >= 15 is 0 Å². The monoisotopic (exact) mass is 445 g/mol. The van der Waals surface area contributed by atoms with Crippen LogP contribution >= 0.6 is 0 Å². The Bertz CT molecular complexity index is 1280. The number of hydrazone groups is 1. The van der Waals surface area contributed by atoms with Crippen LogP contribution in [0.3, 0.4) is 0 Å². The largest absolute Gasteiger partial charge is 0.508 e. The third-order valence-corrected chi connectivity index (χ3v) is 5.02. The van der Waals surface area contributed by atoms with E-state index in [1.54, 1.807) is 6.07 Å². The molecule has 8 nitrogen and oxygen atoms in total. The Kier molecular flexibility index (Phi) is 6.17. The van der Waals surface area contributed by atoms with E-state index in [1.807, 2.05) is 24.3 Å². The van der Waals surface area contributed by atoms with E-state index in [0.29, 0.717) is 17.1 Å². The summed E-state index contributed by atoms with van der Waals surface area (Å²) in [6.07, 6.45) is 1.26. The van der Waals surface area contributed by atoms with Gasteiger partial charge >= 0.3 is 5.91 Å². The summed E-state index contributed by atoms with van der Waals surface area (Å²) in [5, 5.41) is 22.8. The molecule has 0 atom stereocenters. The molecule has 0 saturated heterocycles. The first-order valence-corrected chi connectivity index (χ1v) is 10.2. The molecule has 0 unspecified atom stereocenters. The van der Waals surface area contributed by atoms with Gasteiger partial charge in [0.25, 0.3) is 0 Å². The Balaban J connectivity index is 1.32. The fraction of sp³-hybridized carbons (Fsp3) is 0.120. The van der Waals surface area contributed by atoms with Crippen molar-refractivity contribution < 1.29 is 24.2 Å². The lowest BCUT2D eigenvalue weighted by Crippen LogP contribution is -2.16. The van der Waals surface area contributed by atoms with Crippen molar-refractivity contribution in [3.8, 4) is 22.9 Å². The molecule has 0 aliphatic heterocycles. The molecule has 0 aliphatic rings. The number of aryl methyl sites for hydroxylation is 2. The summed E-state index contributed by atoms with van der Waals surface area (Å²) >= 11 is 0. The van der Waals surface area contributed by atoms with Gasteiger partial charge in [-0.3, -0.25) is 4.79 Å². The number of ether oxygens (including phenoxy) is 1. The maximum Gasteiger partial charge on any atom is 0.307 e. The smallest absolute Gasteiger partial charge is 0.307 e. The number of nitrogens with zero attached hydrogens (tertiary/aromatic N) is 2. The fourth-order valence-corrected chi connectivity index (χ4v) is 3.36. The third kappa shape index (κ3) is 5.07. The van der Waals surface area contributed by atoms with Gasteiger partial charge in [-0.15, -0.1) is 0 Å². The van der Waals surface area contributed by atoms with Crippen LogP contribution in [-0.2, 0) is 6.61 Å². The van der Waals surface area contributed by atoms with Crippen LogP contribution in [0, 0.1) is 13.8 Å². The van der Waals surface area contributed by atoms with Gasteiger partial charge < -0.3 is 23.9 Å². The molecule has 1 amide bonds. The van der Waals surface area contributed by atoms with E-state index in [9.17, 15) is 15.0 Å². The predicted molar refractivity (Wildman–Crippen MR) is 123 cm³/mol. The normalized spacial score (nSPS) is 11.1. The Morgan fingerprint density at radius 3 is 2.45 bits per heavy atom. The highest BCUT2D eigenvalue weighted by molar-refractivity contribution is 5.92. The topological polar surface area (TPSA) is 109 Å². The first kappa shape index (κ1) is 21.8. The number of hydrogen-bond acceptors (Lipinski definition) is 6. The molecule has 4 aromatic rings. The molecule has 0 bridgehead atoms. The number of carbonyl (C=O) groups is 1. The number of carbonyl (C=O) groups excluding carboxylic acids is 1. The molecule has 4 rings (SSSR count). The van der Waals surface area contributed by atoms with Crippen LogP contribution in [0.15, 0.2) is 76.2 Å². The maximum atomic E-state index is 12.2. The molecule has 33 heavy (non-hydrogen) atoms. The van der Waals surface area contributed by atoms with Crippen molar-refractivity contribution in [3.05, 3.63) is 95.2 Å². The number of furan rings is 1. The van der Waals surface area contributed by atoms with Gasteiger partial charge in [0, 0.05) is 28.7 Å². The van der Waals surface area contributed by atoms with Crippen LogP contribution in [0.25, 0.3) is 5.69 Å². The van der Waals surface area contributed by atoms with Crippen molar-refractivity contribution in [2.75, 3.05) is 0 Å². The van der Waals surface area contributed by atoms with Gasteiger partial charge in [-0.25, -0.2) is 5.43 Å². The Labute approximate surface area is 190 Å². The molecule has 0 radical (unpaired) electrons. The second-order valence-corrected chi connectivity index (χ2v) is 7.44. The highest BCUT2D eigenvalue weighted by Gasteiger charge is 2.11. The average Bonchev–Trinajstić information content (AvgIpc) is 3.40. The molecule has 2 aromatic heterocycles. The molecule has 2 heterocycles. The summed E-state index contributed by atoms with van der Waals surface area (Å²) in [4.78, 5) is 12.2. The summed E-state index contributed by atoms with van der Waals surface area (Å²) in [5.74, 6) is 0.480. The molecule has 0 spiro atoms. The van der Waals surface area contributed by atoms with Crippen molar-refractivity contribution in [3.63, 3.8) is 0 Å². The number of benzene rings is 2. The maximum absolute atomic E-state index is 12.2. The lowest BCUT2D eigenvalue weighted by atomic mass is 10.2. The fourth-order valence-electron chi connectivity index (χ4n) is 3.36. The Morgan fingerprint density at radius 2 is 1.76 bits per heavy atom. The molecule has 0 fully saturated rings. The van der Waals surface area contributed by atoms with Crippen molar-refractivity contribution in [2.45, 2.75) is 20.5 Å². The zero-order chi connectivity index (χ0) is 23.4. The van der Waals surface area contributed by atoms with E-state index in [2.05, 4.69) is 41.1 Å². The van der Waals surface area contributed by atoms with Gasteiger partial charge in [-0.2, -0.15) is 5.10 Å². The van der Waals surface area contributed by atoms with Gasteiger partial charge in [0.05, 0.1) is 6.21 Å². The van der Waals surface area contributed by atoms with Gasteiger partial charge in [0.1, 0.15) is 29.6 Å². The third-order valence-electron chi connectivity index (χ3n) is 5.02. The number of rotatable bonds is 7. The highest BCUT2D eigenvalue weighted by Crippen LogP contribution is 2.22. The predicted octanol–water partition coefficient (Wildman–Crippen LogP) is 4.44. The highest BCUT2D eigenvalue weighted by atomic mass is 16.5. The van der Waals surface area contributed by atoms with E-state index < -0.39 is 5.91 Å². The summed E-state index contributed by atoms with van der Waals surface area (Å²) in [5.41, 5.74) is 6.04. The minimum Gasteiger partial charge on any atom is -0.508 e. The minimum absolute atomic E-state index is 0.0685. The molecule has 3 N–H and O–H groups in total. The molecular weight excluding hydrogens is 422 g/mol. The van der Waals surface area contributed by atoms with Gasteiger partial charge in [0.15, 0.2) is 5.76 Å². The number of nitrogens with one attached hydrogen (secondary N) is 1. The lowest BCUT2D eigenvalue weighted by molar-refractivity contribution is 0.0923. The molecule has 168 valence electrons. The molecule has 0 saturated carbocycles. The molecular formula is C25H23N3O5. The van der Waals surface area contributed by atoms with Crippen LogP contribution in [0.2, 0.25) is 0 Å². The van der Waals surface area contributed by atoms with Crippen molar-refractivity contribution in [1.29, 1.82) is 0 Å². The molecule has 8 heteroatoms. The van der Waals surface area contributed by atoms with E-state index in [4.69, 9.17) is 9.15 Å². The van der Waals surface area contributed by atoms with Crippen LogP contribution in [0.5, 0.6) is 17.2 Å². The number of aromatic hydroxyl groups is 2. The number of phenolic OH excluding ortho intramolecular Hbond substituents is 2. The standard InChI is InChI=1S/C25H23N3O5/c1-16-3-4-17(2)28(16)19-6-9-21(10-7-19)32-15-22-11-12-24(33-22)25(31)27-26-14-18-5-8-20(29)13-23(18)30/h3-14,29-30H,15H2,1-2H3,(H,27,31). The quantitative estimate of drug-likeness (QED) is 0.288. The van der Waals surface area contributed by atoms with Crippen LogP contribution in [-0.4, -0.2) is 26.9 Å². The number of phenols is 2. The van der Waals surface area contributed by atoms with E-state index in [-0.39, 0.29) is 23.9 Å². The van der Waals surface area contributed by atoms with Gasteiger partial charge in [-0.1, -0.05) is 0 Å². The van der Waals surface area contributed by atoms with Crippen molar-refractivity contribution in [2.24, 2.45) is 5.10 Å². The lowest BCUT2D eigenvalue weighted by Gasteiger charge is -2.10. The average molecular weight is 445 g/mol. The van der Waals surface area contributed by atoms with Crippen molar-refractivity contribution in [1.82, 2.24) is 9.99 Å².